The van der Waals surface area contributed by atoms with E-state index in [-0.39, 0.29) is 36.8 Å². The minimum Gasteiger partial charge on any atom is -0.454 e. The van der Waals surface area contributed by atoms with E-state index in [9.17, 15) is 9.59 Å². The SMILES string of the molecule is CC(C)CCNC(=O)CCc1nnc(Cc2ccc3c(c2)OCO3)[nH]c1=O. The lowest BCUT2D eigenvalue weighted by atomic mass is 10.1. The zero-order chi connectivity index (χ0) is 19.2. The predicted octanol–water partition coefficient (Wildman–Crippen LogP) is 1.58. The van der Waals surface area contributed by atoms with E-state index in [1.165, 1.54) is 0 Å². The number of benzene rings is 1. The van der Waals surface area contributed by atoms with Gasteiger partial charge in [-0.15, -0.1) is 10.2 Å². The second-order valence-electron chi connectivity index (χ2n) is 6.94. The van der Waals surface area contributed by atoms with Gasteiger partial charge in [0.2, 0.25) is 12.7 Å². The second kappa shape index (κ2) is 8.66. The summed E-state index contributed by atoms with van der Waals surface area (Å²) in [5, 5.41) is 10.9. The van der Waals surface area contributed by atoms with Gasteiger partial charge in [0.25, 0.3) is 5.56 Å². The standard InChI is InChI=1S/C19H24N4O4/c1-12(2)7-8-20-18(24)6-4-14-19(25)21-17(23-22-14)10-13-3-5-15-16(9-13)27-11-26-15/h3,5,9,12H,4,6-8,10-11H2,1-2H3,(H,20,24)(H,21,23,25). The molecule has 2 heterocycles. The van der Waals surface area contributed by atoms with Crippen molar-refractivity contribution < 1.29 is 14.3 Å². The van der Waals surface area contributed by atoms with Gasteiger partial charge in [0.15, 0.2) is 11.5 Å². The van der Waals surface area contributed by atoms with Crippen LogP contribution in [0.15, 0.2) is 23.0 Å². The fraction of sp³-hybridized carbons (Fsp3) is 0.474. The Morgan fingerprint density at radius 2 is 2.07 bits per heavy atom. The average molecular weight is 372 g/mol. The van der Waals surface area contributed by atoms with E-state index in [0.717, 1.165) is 12.0 Å². The van der Waals surface area contributed by atoms with Crippen LogP contribution in [0, 0.1) is 5.92 Å². The third-order valence-electron chi connectivity index (χ3n) is 4.25. The molecule has 0 radical (unpaired) electrons. The number of aromatic nitrogens is 3. The summed E-state index contributed by atoms with van der Waals surface area (Å²) < 4.78 is 10.6. The highest BCUT2D eigenvalue weighted by Gasteiger charge is 2.14. The summed E-state index contributed by atoms with van der Waals surface area (Å²) in [5.41, 5.74) is 0.889. The Kier molecular flexibility index (Phi) is 6.05. The first-order chi connectivity index (χ1) is 13.0. The molecule has 0 bridgehead atoms. The normalized spacial score (nSPS) is 12.4. The number of rotatable bonds is 8. The molecule has 0 spiro atoms. The summed E-state index contributed by atoms with van der Waals surface area (Å²) >= 11 is 0. The highest BCUT2D eigenvalue weighted by Crippen LogP contribution is 2.32. The molecular weight excluding hydrogens is 348 g/mol. The fourth-order valence-electron chi connectivity index (χ4n) is 2.70. The van der Waals surface area contributed by atoms with Crippen molar-refractivity contribution in [1.82, 2.24) is 20.5 Å². The quantitative estimate of drug-likeness (QED) is 0.729. The first-order valence-corrected chi connectivity index (χ1v) is 9.11. The van der Waals surface area contributed by atoms with Crippen molar-refractivity contribution in [2.45, 2.75) is 39.5 Å². The molecule has 1 aliphatic rings. The zero-order valence-electron chi connectivity index (χ0n) is 15.6. The van der Waals surface area contributed by atoms with Gasteiger partial charge in [-0.3, -0.25) is 9.59 Å². The minimum atomic E-state index is -0.310. The summed E-state index contributed by atoms with van der Waals surface area (Å²) in [6.07, 6.45) is 1.84. The highest BCUT2D eigenvalue weighted by molar-refractivity contribution is 5.76. The third-order valence-corrected chi connectivity index (χ3v) is 4.25. The van der Waals surface area contributed by atoms with Crippen molar-refractivity contribution in [3.05, 3.63) is 45.6 Å². The number of H-pyrrole nitrogens is 1. The van der Waals surface area contributed by atoms with Crippen LogP contribution in [0.2, 0.25) is 0 Å². The number of fused-ring (bicyclic) bond motifs is 1. The van der Waals surface area contributed by atoms with E-state index in [4.69, 9.17) is 9.47 Å². The van der Waals surface area contributed by atoms with Crippen molar-refractivity contribution in [2.75, 3.05) is 13.3 Å². The first kappa shape index (κ1) is 18.9. The second-order valence-corrected chi connectivity index (χ2v) is 6.94. The molecule has 0 atom stereocenters. The molecule has 144 valence electrons. The fourth-order valence-corrected chi connectivity index (χ4v) is 2.70. The molecule has 2 N–H and O–H groups in total. The van der Waals surface area contributed by atoms with Crippen LogP contribution in [0.25, 0.3) is 0 Å². The molecule has 3 rings (SSSR count). The van der Waals surface area contributed by atoms with Crippen molar-refractivity contribution >= 4 is 5.91 Å². The number of nitrogens with one attached hydrogen (secondary N) is 2. The molecule has 2 aromatic rings. The number of hydrogen-bond donors (Lipinski definition) is 2. The zero-order valence-corrected chi connectivity index (χ0v) is 15.6. The number of amides is 1. The molecule has 27 heavy (non-hydrogen) atoms. The molecular formula is C19H24N4O4. The number of hydrogen-bond acceptors (Lipinski definition) is 6. The van der Waals surface area contributed by atoms with Gasteiger partial charge in [-0.1, -0.05) is 19.9 Å². The molecule has 8 heteroatoms. The lowest BCUT2D eigenvalue weighted by molar-refractivity contribution is -0.121. The Labute approximate surface area is 157 Å². The van der Waals surface area contributed by atoms with E-state index in [2.05, 4.69) is 34.3 Å². The summed E-state index contributed by atoms with van der Waals surface area (Å²) in [6.45, 7) is 5.07. The predicted molar refractivity (Wildman–Crippen MR) is 98.8 cm³/mol. The Bertz CT molecular complexity index is 863. The number of nitrogens with zero attached hydrogens (tertiary/aromatic N) is 2. The summed E-state index contributed by atoms with van der Waals surface area (Å²) in [5.74, 6) is 2.31. The van der Waals surface area contributed by atoms with Crippen molar-refractivity contribution in [1.29, 1.82) is 0 Å². The molecule has 0 aliphatic carbocycles. The maximum absolute atomic E-state index is 12.2. The Morgan fingerprint density at radius 3 is 2.85 bits per heavy atom. The van der Waals surface area contributed by atoms with Gasteiger partial charge in [-0.05, 0) is 30.0 Å². The van der Waals surface area contributed by atoms with Gasteiger partial charge in [-0.2, -0.15) is 0 Å². The van der Waals surface area contributed by atoms with E-state index in [1.807, 2.05) is 18.2 Å². The molecule has 0 saturated heterocycles. The topological polar surface area (TPSA) is 106 Å². The van der Waals surface area contributed by atoms with E-state index in [1.54, 1.807) is 0 Å². The van der Waals surface area contributed by atoms with Crippen molar-refractivity contribution in [2.24, 2.45) is 5.92 Å². The maximum Gasteiger partial charge on any atom is 0.272 e. The lowest BCUT2D eigenvalue weighted by Crippen LogP contribution is -2.27. The number of carbonyl (C=O) groups excluding carboxylic acids is 1. The summed E-state index contributed by atoms with van der Waals surface area (Å²) in [4.78, 5) is 26.8. The van der Waals surface area contributed by atoms with Crippen LogP contribution < -0.4 is 20.3 Å². The molecule has 1 amide bonds. The van der Waals surface area contributed by atoms with Gasteiger partial charge in [-0.25, -0.2) is 0 Å². The monoisotopic (exact) mass is 372 g/mol. The number of ether oxygens (including phenoxy) is 2. The van der Waals surface area contributed by atoms with Gasteiger partial charge in [0.1, 0.15) is 11.5 Å². The van der Waals surface area contributed by atoms with Crippen molar-refractivity contribution in [3.63, 3.8) is 0 Å². The molecule has 0 fully saturated rings. The van der Waals surface area contributed by atoms with Gasteiger partial charge >= 0.3 is 0 Å². The van der Waals surface area contributed by atoms with Gasteiger partial charge in [0.05, 0.1) is 0 Å². The molecule has 1 aromatic carbocycles. The number of aryl methyl sites for hydroxylation is 1. The Morgan fingerprint density at radius 1 is 1.26 bits per heavy atom. The van der Waals surface area contributed by atoms with E-state index < -0.39 is 0 Å². The van der Waals surface area contributed by atoms with Crippen LogP contribution >= 0.6 is 0 Å². The minimum absolute atomic E-state index is 0.0821. The van der Waals surface area contributed by atoms with Gasteiger partial charge in [0, 0.05) is 25.8 Å². The highest BCUT2D eigenvalue weighted by atomic mass is 16.7. The third kappa shape index (κ3) is 5.29. The maximum atomic E-state index is 12.2. The summed E-state index contributed by atoms with van der Waals surface area (Å²) in [6, 6.07) is 5.58. The summed E-state index contributed by atoms with van der Waals surface area (Å²) in [7, 11) is 0. The van der Waals surface area contributed by atoms with Crippen LogP contribution in [0.5, 0.6) is 11.5 Å². The van der Waals surface area contributed by atoms with Gasteiger partial charge < -0.3 is 19.8 Å². The lowest BCUT2D eigenvalue weighted by Gasteiger charge is -2.07. The largest absolute Gasteiger partial charge is 0.454 e. The molecule has 8 nitrogen and oxygen atoms in total. The first-order valence-electron chi connectivity index (χ1n) is 9.11. The smallest absolute Gasteiger partial charge is 0.272 e. The van der Waals surface area contributed by atoms with Crippen LogP contribution in [-0.2, 0) is 17.6 Å². The molecule has 1 aliphatic heterocycles. The van der Waals surface area contributed by atoms with Crippen LogP contribution in [0.1, 0.15) is 43.8 Å². The average Bonchev–Trinajstić information content (AvgIpc) is 3.08. The Hall–Kier alpha value is -2.90. The van der Waals surface area contributed by atoms with E-state index in [0.29, 0.717) is 36.2 Å². The molecule has 0 saturated carbocycles. The van der Waals surface area contributed by atoms with Crippen molar-refractivity contribution in [3.8, 4) is 11.5 Å². The van der Waals surface area contributed by atoms with Crippen LogP contribution in [0.3, 0.4) is 0 Å². The Balaban J connectivity index is 1.54. The molecule has 0 unspecified atom stereocenters. The molecule has 1 aromatic heterocycles. The number of aromatic amines is 1. The van der Waals surface area contributed by atoms with E-state index >= 15 is 0 Å². The van der Waals surface area contributed by atoms with Crippen LogP contribution in [0.4, 0.5) is 0 Å². The van der Waals surface area contributed by atoms with Crippen LogP contribution in [-0.4, -0.2) is 34.4 Å². The number of carbonyl (C=O) groups is 1.